The number of rotatable bonds is 4. The Morgan fingerprint density at radius 2 is 1.88 bits per heavy atom. The van der Waals surface area contributed by atoms with Gasteiger partial charge in [-0.3, -0.25) is 4.90 Å². The van der Waals surface area contributed by atoms with Gasteiger partial charge in [0.25, 0.3) is 0 Å². The molecule has 1 aliphatic heterocycles. The summed E-state index contributed by atoms with van der Waals surface area (Å²) in [5.74, 6) is 2.84. The van der Waals surface area contributed by atoms with Gasteiger partial charge in [-0.25, -0.2) is 14.8 Å². The average Bonchev–Trinajstić information content (AvgIpc) is 2.94. The van der Waals surface area contributed by atoms with E-state index >= 15 is 0 Å². The van der Waals surface area contributed by atoms with Crippen molar-refractivity contribution in [3.8, 4) is 0 Å². The third kappa shape index (κ3) is 3.99. The lowest BCUT2D eigenvalue weighted by Crippen LogP contribution is -2.46. The summed E-state index contributed by atoms with van der Waals surface area (Å²) in [5, 5.41) is 0. The van der Waals surface area contributed by atoms with Gasteiger partial charge in [-0.05, 0) is 26.8 Å². The highest BCUT2D eigenvalue weighted by atomic mass is 16.5. The summed E-state index contributed by atoms with van der Waals surface area (Å²) in [6, 6.07) is 3.81. The fraction of sp³-hybridized carbons (Fsp3) is 0.500. The molecule has 25 heavy (non-hydrogen) atoms. The van der Waals surface area contributed by atoms with Gasteiger partial charge in [0, 0.05) is 37.9 Å². The van der Waals surface area contributed by atoms with Crippen LogP contribution < -0.4 is 4.90 Å². The van der Waals surface area contributed by atoms with Gasteiger partial charge in [-0.1, -0.05) is 0 Å². The molecule has 1 saturated heterocycles. The predicted octanol–water partition coefficient (Wildman–Crippen LogP) is 2.10. The molecule has 2 aromatic heterocycles. The fourth-order valence-electron chi connectivity index (χ4n) is 3.15. The Morgan fingerprint density at radius 3 is 2.52 bits per heavy atom. The first kappa shape index (κ1) is 17.4. The molecule has 1 fully saturated rings. The van der Waals surface area contributed by atoms with E-state index in [1.54, 1.807) is 13.0 Å². The lowest BCUT2D eigenvalue weighted by molar-refractivity contribution is 0.0599. The second kappa shape index (κ2) is 7.23. The van der Waals surface area contributed by atoms with Crippen LogP contribution in [0.4, 0.5) is 5.82 Å². The lowest BCUT2D eigenvalue weighted by atomic mass is 10.2. The van der Waals surface area contributed by atoms with Gasteiger partial charge in [0.1, 0.15) is 28.7 Å². The van der Waals surface area contributed by atoms with E-state index in [0.717, 1.165) is 49.3 Å². The normalized spacial score (nSPS) is 15.4. The molecule has 2 aromatic rings. The summed E-state index contributed by atoms with van der Waals surface area (Å²) in [4.78, 5) is 25.1. The number of furan rings is 1. The molecule has 3 rings (SSSR count). The topological polar surface area (TPSA) is 71.7 Å². The number of aryl methyl sites for hydroxylation is 3. The van der Waals surface area contributed by atoms with E-state index in [2.05, 4.69) is 19.8 Å². The minimum Gasteiger partial charge on any atom is -0.465 e. The number of carbonyl (C=O) groups excluding carboxylic acids is 1. The Kier molecular flexibility index (Phi) is 5.03. The molecule has 0 unspecified atom stereocenters. The van der Waals surface area contributed by atoms with E-state index in [0.29, 0.717) is 17.9 Å². The summed E-state index contributed by atoms with van der Waals surface area (Å²) in [5.41, 5.74) is 1.49. The van der Waals surface area contributed by atoms with Crippen molar-refractivity contribution in [2.45, 2.75) is 27.3 Å². The highest BCUT2D eigenvalue weighted by Gasteiger charge is 2.21. The van der Waals surface area contributed by atoms with E-state index in [-0.39, 0.29) is 5.97 Å². The highest BCUT2D eigenvalue weighted by molar-refractivity contribution is 5.90. The van der Waals surface area contributed by atoms with Crippen molar-refractivity contribution in [2.24, 2.45) is 0 Å². The van der Waals surface area contributed by atoms with Crippen LogP contribution in [0.1, 0.15) is 33.4 Å². The number of nitrogens with zero attached hydrogens (tertiary/aromatic N) is 4. The summed E-state index contributed by atoms with van der Waals surface area (Å²) >= 11 is 0. The van der Waals surface area contributed by atoms with Crippen LogP contribution in [0, 0.1) is 20.8 Å². The van der Waals surface area contributed by atoms with Crippen LogP contribution >= 0.6 is 0 Å². The van der Waals surface area contributed by atoms with Crippen molar-refractivity contribution in [3.63, 3.8) is 0 Å². The maximum absolute atomic E-state index is 11.7. The molecule has 7 heteroatoms. The molecule has 0 spiro atoms. The SMILES string of the molecule is COC(=O)c1cc(CN2CCN(c3cc(C)nc(C)n3)CC2)oc1C. The summed E-state index contributed by atoms with van der Waals surface area (Å²) in [6.07, 6.45) is 0. The molecule has 0 N–H and O–H groups in total. The molecule has 0 saturated carbocycles. The van der Waals surface area contributed by atoms with Crippen LogP contribution in [0.5, 0.6) is 0 Å². The first-order valence-electron chi connectivity index (χ1n) is 8.43. The van der Waals surface area contributed by atoms with Gasteiger partial charge < -0.3 is 14.1 Å². The zero-order valence-electron chi connectivity index (χ0n) is 15.2. The largest absolute Gasteiger partial charge is 0.465 e. The molecule has 7 nitrogen and oxygen atoms in total. The van der Waals surface area contributed by atoms with E-state index in [1.165, 1.54) is 7.11 Å². The van der Waals surface area contributed by atoms with E-state index in [1.807, 2.05) is 19.9 Å². The molecule has 0 radical (unpaired) electrons. The zero-order valence-corrected chi connectivity index (χ0v) is 15.2. The van der Waals surface area contributed by atoms with Crippen LogP contribution in [-0.4, -0.2) is 54.1 Å². The fourth-order valence-corrected chi connectivity index (χ4v) is 3.15. The standard InChI is InChI=1S/C18H24N4O3/c1-12-9-17(20-14(3)19-12)22-7-5-21(6-8-22)11-15-10-16(13(2)25-15)18(23)24-4/h9-10H,5-8,11H2,1-4H3. The number of ether oxygens (including phenoxy) is 1. The molecular weight excluding hydrogens is 320 g/mol. The zero-order chi connectivity index (χ0) is 18.0. The Labute approximate surface area is 147 Å². The molecule has 0 aliphatic carbocycles. The maximum Gasteiger partial charge on any atom is 0.341 e. The van der Waals surface area contributed by atoms with Gasteiger partial charge >= 0.3 is 5.97 Å². The Balaban J connectivity index is 1.60. The summed E-state index contributed by atoms with van der Waals surface area (Å²) in [6.45, 7) is 10.0. The van der Waals surface area contributed by atoms with Crippen molar-refractivity contribution in [3.05, 3.63) is 40.7 Å². The Bertz CT molecular complexity index is 743. The van der Waals surface area contributed by atoms with E-state index < -0.39 is 0 Å². The van der Waals surface area contributed by atoms with Gasteiger partial charge in [-0.15, -0.1) is 0 Å². The minimum atomic E-state index is -0.355. The highest BCUT2D eigenvalue weighted by Crippen LogP contribution is 2.19. The second-order valence-corrected chi connectivity index (χ2v) is 6.35. The number of methoxy groups -OCH3 is 1. The molecule has 134 valence electrons. The van der Waals surface area contributed by atoms with Gasteiger partial charge in [0.05, 0.1) is 13.7 Å². The molecular formula is C18H24N4O3. The number of anilines is 1. The Morgan fingerprint density at radius 1 is 1.16 bits per heavy atom. The molecule has 0 amide bonds. The number of hydrogen-bond acceptors (Lipinski definition) is 7. The molecule has 3 heterocycles. The maximum atomic E-state index is 11.7. The minimum absolute atomic E-state index is 0.355. The number of piperazine rings is 1. The number of esters is 1. The lowest BCUT2D eigenvalue weighted by Gasteiger charge is -2.35. The summed E-state index contributed by atoms with van der Waals surface area (Å²) in [7, 11) is 1.38. The Hall–Kier alpha value is -2.41. The van der Waals surface area contributed by atoms with Crippen LogP contribution in [0.2, 0.25) is 0 Å². The van der Waals surface area contributed by atoms with E-state index in [9.17, 15) is 4.79 Å². The smallest absolute Gasteiger partial charge is 0.341 e. The quantitative estimate of drug-likeness (QED) is 0.787. The molecule has 0 bridgehead atoms. The third-order valence-electron chi connectivity index (χ3n) is 4.40. The van der Waals surface area contributed by atoms with Crippen molar-refractivity contribution >= 4 is 11.8 Å². The van der Waals surface area contributed by atoms with E-state index in [4.69, 9.17) is 9.15 Å². The van der Waals surface area contributed by atoms with Crippen LogP contribution in [0.15, 0.2) is 16.5 Å². The number of aromatic nitrogens is 2. The van der Waals surface area contributed by atoms with Crippen LogP contribution in [0.3, 0.4) is 0 Å². The van der Waals surface area contributed by atoms with Crippen molar-refractivity contribution in [1.82, 2.24) is 14.9 Å². The van der Waals surface area contributed by atoms with Gasteiger partial charge in [0.2, 0.25) is 0 Å². The van der Waals surface area contributed by atoms with Crippen molar-refractivity contribution in [2.75, 3.05) is 38.2 Å². The third-order valence-corrected chi connectivity index (χ3v) is 4.40. The van der Waals surface area contributed by atoms with Crippen LogP contribution in [-0.2, 0) is 11.3 Å². The average molecular weight is 344 g/mol. The summed E-state index contributed by atoms with van der Waals surface area (Å²) < 4.78 is 10.5. The molecule has 0 aromatic carbocycles. The van der Waals surface area contributed by atoms with Crippen LogP contribution in [0.25, 0.3) is 0 Å². The first-order chi connectivity index (χ1) is 12.0. The number of carbonyl (C=O) groups is 1. The van der Waals surface area contributed by atoms with Crippen molar-refractivity contribution < 1.29 is 13.9 Å². The second-order valence-electron chi connectivity index (χ2n) is 6.35. The van der Waals surface area contributed by atoms with Gasteiger partial charge in [-0.2, -0.15) is 0 Å². The monoisotopic (exact) mass is 344 g/mol. The molecule has 1 aliphatic rings. The van der Waals surface area contributed by atoms with Crippen molar-refractivity contribution in [1.29, 1.82) is 0 Å². The number of hydrogen-bond donors (Lipinski definition) is 0. The predicted molar refractivity (Wildman–Crippen MR) is 93.8 cm³/mol. The van der Waals surface area contributed by atoms with Gasteiger partial charge in [0.15, 0.2) is 0 Å². The first-order valence-corrected chi connectivity index (χ1v) is 8.43. The molecule has 0 atom stereocenters.